The van der Waals surface area contributed by atoms with Crippen molar-refractivity contribution in [3.8, 4) is 55.6 Å². The molecular formula is C64H41NO2. The van der Waals surface area contributed by atoms with Crippen LogP contribution >= 0.6 is 0 Å². The van der Waals surface area contributed by atoms with Gasteiger partial charge in [-0.3, -0.25) is 0 Å². The molecule has 0 aliphatic rings. The number of hydrogen-bond acceptors (Lipinski definition) is 3. The predicted molar refractivity (Wildman–Crippen MR) is 280 cm³/mol. The van der Waals surface area contributed by atoms with Gasteiger partial charge in [0.15, 0.2) is 0 Å². The Bertz CT molecular complexity index is 3950. The highest BCUT2D eigenvalue weighted by molar-refractivity contribution is 6.12. The van der Waals surface area contributed by atoms with Gasteiger partial charge in [-0.15, -0.1) is 0 Å². The van der Waals surface area contributed by atoms with Crippen LogP contribution in [-0.4, -0.2) is 0 Å². The van der Waals surface area contributed by atoms with Gasteiger partial charge < -0.3 is 13.7 Å². The highest BCUT2D eigenvalue weighted by Gasteiger charge is 2.17. The van der Waals surface area contributed by atoms with Crippen LogP contribution in [0.25, 0.3) is 110 Å². The van der Waals surface area contributed by atoms with E-state index in [0.29, 0.717) is 0 Å². The first-order valence-corrected chi connectivity index (χ1v) is 22.8. The summed E-state index contributed by atoms with van der Waals surface area (Å²) in [5.41, 5.74) is 18.5. The molecule has 0 aliphatic carbocycles. The van der Waals surface area contributed by atoms with Crippen LogP contribution in [0.1, 0.15) is 0 Å². The van der Waals surface area contributed by atoms with Crippen molar-refractivity contribution in [2.75, 3.05) is 4.90 Å². The van der Waals surface area contributed by atoms with Crippen molar-refractivity contribution in [2.24, 2.45) is 0 Å². The summed E-state index contributed by atoms with van der Waals surface area (Å²) < 4.78 is 12.5. The third-order valence-corrected chi connectivity index (χ3v) is 13.3. The van der Waals surface area contributed by atoms with Crippen LogP contribution in [0.3, 0.4) is 0 Å². The Morgan fingerprint density at radius 1 is 0.239 bits per heavy atom. The second-order valence-electron chi connectivity index (χ2n) is 17.3. The molecule has 2 heterocycles. The number of hydrogen-bond donors (Lipinski definition) is 0. The molecule has 0 unspecified atom stereocenters. The Hall–Kier alpha value is -8.92. The summed E-state index contributed by atoms with van der Waals surface area (Å²) >= 11 is 0. The van der Waals surface area contributed by atoms with Gasteiger partial charge in [-0.1, -0.05) is 170 Å². The van der Waals surface area contributed by atoms with E-state index in [0.717, 1.165) is 88.8 Å². The number of rotatable bonds is 8. The van der Waals surface area contributed by atoms with E-state index in [2.05, 4.69) is 229 Å². The summed E-state index contributed by atoms with van der Waals surface area (Å²) in [7, 11) is 0. The second kappa shape index (κ2) is 16.0. The zero-order valence-electron chi connectivity index (χ0n) is 36.4. The molecule has 2 aromatic heterocycles. The lowest BCUT2D eigenvalue weighted by Crippen LogP contribution is -2.09. The Balaban J connectivity index is 0.827. The first-order valence-electron chi connectivity index (χ1n) is 22.8. The molecule has 13 rings (SSSR count). The van der Waals surface area contributed by atoms with Crippen LogP contribution in [0.2, 0.25) is 0 Å². The molecule has 0 amide bonds. The average molecular weight is 856 g/mol. The van der Waals surface area contributed by atoms with Crippen LogP contribution in [0.5, 0.6) is 0 Å². The van der Waals surface area contributed by atoms with E-state index in [4.69, 9.17) is 8.83 Å². The normalized spacial score (nSPS) is 11.6. The molecule has 0 bridgehead atoms. The molecule has 0 fully saturated rings. The van der Waals surface area contributed by atoms with Gasteiger partial charge in [0, 0.05) is 38.6 Å². The minimum absolute atomic E-state index is 0.893. The summed E-state index contributed by atoms with van der Waals surface area (Å²) in [6, 6.07) is 89.0. The quantitative estimate of drug-likeness (QED) is 0.152. The number of anilines is 3. The van der Waals surface area contributed by atoms with Crippen molar-refractivity contribution in [1.29, 1.82) is 0 Å². The fourth-order valence-electron chi connectivity index (χ4n) is 9.87. The van der Waals surface area contributed by atoms with Crippen molar-refractivity contribution in [2.45, 2.75) is 0 Å². The van der Waals surface area contributed by atoms with E-state index in [-0.39, 0.29) is 0 Å². The molecule has 0 spiro atoms. The predicted octanol–water partition coefficient (Wildman–Crippen LogP) is 18.4. The number of benzene rings is 11. The smallest absolute Gasteiger partial charge is 0.136 e. The Kier molecular flexibility index (Phi) is 9.17. The van der Waals surface area contributed by atoms with Crippen LogP contribution < -0.4 is 4.90 Å². The molecule has 13 aromatic rings. The summed E-state index contributed by atoms with van der Waals surface area (Å²) in [6.45, 7) is 0. The first-order chi connectivity index (χ1) is 33.2. The fraction of sp³-hybridized carbons (Fsp3) is 0. The van der Waals surface area contributed by atoms with Crippen LogP contribution in [0.15, 0.2) is 258 Å². The standard InChI is InChI=1S/C64H41NO2/c1-2-10-48-40-51(24-23-42(48)9-1)50-12-7-11-49(39-50)45-21-19-43(20-22-45)44-25-32-53(33-26-44)65(54-34-27-46(28-35-54)52-31-38-58-57-13-3-5-16-60(57)67-63(58)41-52)55-36-29-47(30-37-55)56-15-8-18-62-64(56)59-14-4-6-17-61(59)66-62/h1-41H. The highest BCUT2D eigenvalue weighted by Crippen LogP contribution is 2.41. The summed E-state index contributed by atoms with van der Waals surface area (Å²) in [4.78, 5) is 2.33. The van der Waals surface area contributed by atoms with E-state index < -0.39 is 0 Å². The zero-order chi connectivity index (χ0) is 44.3. The molecule has 0 N–H and O–H groups in total. The largest absolute Gasteiger partial charge is 0.456 e. The maximum absolute atomic E-state index is 6.26. The Morgan fingerprint density at radius 3 is 1.36 bits per heavy atom. The van der Waals surface area contributed by atoms with Gasteiger partial charge in [0.1, 0.15) is 22.3 Å². The fourth-order valence-corrected chi connectivity index (χ4v) is 9.87. The highest BCUT2D eigenvalue weighted by atomic mass is 16.3. The van der Waals surface area contributed by atoms with Gasteiger partial charge in [-0.25, -0.2) is 0 Å². The van der Waals surface area contributed by atoms with Crippen molar-refractivity contribution >= 4 is 71.7 Å². The third kappa shape index (κ3) is 6.93. The van der Waals surface area contributed by atoms with Crippen molar-refractivity contribution in [3.63, 3.8) is 0 Å². The summed E-state index contributed by atoms with van der Waals surface area (Å²) in [5, 5.41) is 7.03. The lowest BCUT2D eigenvalue weighted by molar-refractivity contribution is 0.668. The topological polar surface area (TPSA) is 29.5 Å². The van der Waals surface area contributed by atoms with Gasteiger partial charge in [0.25, 0.3) is 0 Å². The van der Waals surface area contributed by atoms with Gasteiger partial charge in [-0.2, -0.15) is 0 Å². The minimum Gasteiger partial charge on any atom is -0.456 e. The number of nitrogens with zero attached hydrogens (tertiary/aromatic N) is 1. The van der Waals surface area contributed by atoms with Crippen LogP contribution in [0.4, 0.5) is 17.1 Å². The maximum atomic E-state index is 6.26. The Morgan fingerprint density at radius 2 is 0.672 bits per heavy atom. The van der Waals surface area contributed by atoms with E-state index in [1.165, 1.54) is 38.6 Å². The van der Waals surface area contributed by atoms with E-state index in [9.17, 15) is 0 Å². The SMILES string of the molecule is c1cc(-c2ccc(-c3ccc(N(c4ccc(-c5ccc6c(c5)oc5ccccc56)cc4)c4ccc(-c5cccc6oc7ccccc7c56)cc4)cc3)cc2)cc(-c2ccc3ccccc3c2)c1. The van der Waals surface area contributed by atoms with E-state index in [1.807, 2.05) is 24.3 Å². The van der Waals surface area contributed by atoms with Crippen molar-refractivity contribution in [3.05, 3.63) is 249 Å². The minimum atomic E-state index is 0.893. The molecule has 0 atom stereocenters. The third-order valence-electron chi connectivity index (χ3n) is 13.3. The van der Waals surface area contributed by atoms with Gasteiger partial charge >= 0.3 is 0 Å². The molecule has 11 aromatic carbocycles. The van der Waals surface area contributed by atoms with Crippen molar-refractivity contribution in [1.82, 2.24) is 0 Å². The lowest BCUT2D eigenvalue weighted by Gasteiger charge is -2.26. The monoisotopic (exact) mass is 855 g/mol. The van der Waals surface area contributed by atoms with E-state index in [1.54, 1.807) is 0 Å². The molecule has 3 nitrogen and oxygen atoms in total. The van der Waals surface area contributed by atoms with Gasteiger partial charge in [0.2, 0.25) is 0 Å². The molecule has 0 saturated carbocycles. The summed E-state index contributed by atoms with van der Waals surface area (Å²) in [5.74, 6) is 0. The summed E-state index contributed by atoms with van der Waals surface area (Å²) in [6.07, 6.45) is 0. The molecule has 67 heavy (non-hydrogen) atoms. The molecule has 3 heteroatoms. The lowest BCUT2D eigenvalue weighted by atomic mass is 9.96. The van der Waals surface area contributed by atoms with Crippen molar-refractivity contribution < 1.29 is 8.83 Å². The maximum Gasteiger partial charge on any atom is 0.136 e. The average Bonchev–Trinajstić information content (AvgIpc) is 3.98. The van der Waals surface area contributed by atoms with Gasteiger partial charge in [0.05, 0.1) is 0 Å². The van der Waals surface area contributed by atoms with E-state index >= 15 is 0 Å². The number of para-hydroxylation sites is 2. The van der Waals surface area contributed by atoms with Crippen LogP contribution in [0, 0.1) is 0 Å². The number of furan rings is 2. The Labute approximate surface area is 388 Å². The van der Waals surface area contributed by atoms with Gasteiger partial charge in [-0.05, 0) is 145 Å². The first kappa shape index (κ1) is 38.5. The number of fused-ring (bicyclic) bond motifs is 7. The molecule has 0 saturated heterocycles. The molecule has 314 valence electrons. The molecule has 0 aliphatic heterocycles. The molecular weight excluding hydrogens is 815 g/mol. The molecule has 0 radical (unpaired) electrons. The zero-order valence-corrected chi connectivity index (χ0v) is 36.4. The second-order valence-corrected chi connectivity index (χ2v) is 17.3. The van der Waals surface area contributed by atoms with Crippen LogP contribution in [-0.2, 0) is 0 Å².